The molecule has 0 bridgehead atoms. The van der Waals surface area contributed by atoms with Crippen molar-refractivity contribution in [3.05, 3.63) is 30.4 Å². The Kier molecular flexibility index (Phi) is 3.63. The van der Waals surface area contributed by atoms with Crippen molar-refractivity contribution in [3.63, 3.8) is 0 Å². The third-order valence-corrected chi connectivity index (χ3v) is 2.73. The van der Waals surface area contributed by atoms with Gasteiger partial charge in [-0.2, -0.15) is 0 Å². The summed E-state index contributed by atoms with van der Waals surface area (Å²) in [6, 6.07) is 1.88. The van der Waals surface area contributed by atoms with Gasteiger partial charge in [-0.05, 0) is 26.5 Å². The van der Waals surface area contributed by atoms with Crippen LogP contribution in [0.15, 0.2) is 24.7 Å². The molecular weight excluding hydrogens is 228 g/mol. The largest absolute Gasteiger partial charge is 0.389 e. The van der Waals surface area contributed by atoms with Gasteiger partial charge in [0, 0.05) is 31.7 Å². The Morgan fingerprint density at radius 2 is 2.22 bits per heavy atom. The van der Waals surface area contributed by atoms with Gasteiger partial charge in [-0.3, -0.25) is 9.30 Å². The number of hydrogen-bond donors (Lipinski definition) is 1. The second-order valence-electron chi connectivity index (χ2n) is 5.17. The zero-order valence-corrected chi connectivity index (χ0v) is 11.2. The lowest BCUT2D eigenvalue weighted by Crippen LogP contribution is -2.38. The normalized spacial score (nSPS) is 12.5. The molecular formula is C13H20N4O. The maximum atomic E-state index is 9.86. The topological polar surface area (TPSA) is 53.7 Å². The number of nitrogens with zero attached hydrogens (tertiary/aromatic N) is 4. The van der Waals surface area contributed by atoms with Gasteiger partial charge < -0.3 is 5.11 Å². The van der Waals surface area contributed by atoms with Crippen LogP contribution in [-0.2, 0) is 6.54 Å². The molecule has 0 amide bonds. The molecule has 2 rings (SSSR count). The summed E-state index contributed by atoms with van der Waals surface area (Å²) < 4.78 is 1.91. The van der Waals surface area contributed by atoms with Gasteiger partial charge in [-0.15, -0.1) is 0 Å². The Morgan fingerprint density at radius 1 is 1.44 bits per heavy atom. The maximum absolute atomic E-state index is 9.86. The highest BCUT2D eigenvalue weighted by atomic mass is 16.3. The average molecular weight is 248 g/mol. The number of imidazole rings is 1. The SMILES string of the molecule is CCN(Cc1cn2cccnc2n1)CC(C)(C)O. The van der Waals surface area contributed by atoms with Crippen LogP contribution < -0.4 is 0 Å². The minimum Gasteiger partial charge on any atom is -0.389 e. The fourth-order valence-corrected chi connectivity index (χ4v) is 2.01. The molecule has 18 heavy (non-hydrogen) atoms. The van der Waals surface area contributed by atoms with E-state index < -0.39 is 5.60 Å². The quantitative estimate of drug-likeness (QED) is 0.867. The molecule has 0 saturated carbocycles. The van der Waals surface area contributed by atoms with Gasteiger partial charge in [-0.25, -0.2) is 9.97 Å². The van der Waals surface area contributed by atoms with Crippen LogP contribution in [0.5, 0.6) is 0 Å². The van der Waals surface area contributed by atoms with Gasteiger partial charge in [0.05, 0.1) is 11.3 Å². The van der Waals surface area contributed by atoms with Crippen LogP contribution in [0.2, 0.25) is 0 Å². The molecule has 0 aromatic carbocycles. The van der Waals surface area contributed by atoms with E-state index in [2.05, 4.69) is 21.8 Å². The minimum absolute atomic E-state index is 0.630. The van der Waals surface area contributed by atoms with Crippen molar-refractivity contribution in [2.24, 2.45) is 0 Å². The summed E-state index contributed by atoms with van der Waals surface area (Å²) >= 11 is 0. The third-order valence-electron chi connectivity index (χ3n) is 2.73. The van der Waals surface area contributed by atoms with Crippen molar-refractivity contribution >= 4 is 5.78 Å². The monoisotopic (exact) mass is 248 g/mol. The predicted molar refractivity (Wildman–Crippen MR) is 70.2 cm³/mol. The third kappa shape index (κ3) is 3.27. The maximum Gasteiger partial charge on any atom is 0.233 e. The van der Waals surface area contributed by atoms with Gasteiger partial charge >= 0.3 is 0 Å². The average Bonchev–Trinajstić information content (AvgIpc) is 2.68. The molecule has 0 aliphatic rings. The molecule has 0 aliphatic heterocycles. The first-order chi connectivity index (χ1) is 8.48. The van der Waals surface area contributed by atoms with E-state index in [1.54, 1.807) is 6.20 Å². The molecule has 0 fully saturated rings. The lowest BCUT2D eigenvalue weighted by molar-refractivity contribution is 0.0350. The fourth-order valence-electron chi connectivity index (χ4n) is 2.01. The first kappa shape index (κ1) is 13.0. The molecule has 5 heteroatoms. The Balaban J connectivity index is 2.11. The molecule has 0 atom stereocenters. The lowest BCUT2D eigenvalue weighted by atomic mass is 10.1. The van der Waals surface area contributed by atoms with E-state index >= 15 is 0 Å². The van der Waals surface area contributed by atoms with Crippen molar-refractivity contribution in [2.45, 2.75) is 32.9 Å². The van der Waals surface area contributed by atoms with Crippen molar-refractivity contribution in [1.29, 1.82) is 0 Å². The summed E-state index contributed by atoms with van der Waals surface area (Å²) in [6.07, 6.45) is 5.65. The number of hydrogen-bond acceptors (Lipinski definition) is 4. The van der Waals surface area contributed by atoms with Crippen molar-refractivity contribution in [3.8, 4) is 0 Å². The van der Waals surface area contributed by atoms with Crippen LogP contribution in [0, 0.1) is 0 Å². The highest BCUT2D eigenvalue weighted by Gasteiger charge is 2.18. The Bertz CT molecular complexity index is 482. The minimum atomic E-state index is -0.687. The standard InChI is InChI=1S/C13H20N4O/c1-4-16(10-13(2,3)18)8-11-9-17-7-5-6-14-12(17)15-11/h5-7,9,18H,4,8,10H2,1-3H3. The van der Waals surface area contributed by atoms with Crippen LogP contribution in [0.4, 0.5) is 0 Å². The van der Waals surface area contributed by atoms with Crippen LogP contribution in [-0.4, -0.2) is 43.1 Å². The van der Waals surface area contributed by atoms with E-state index in [9.17, 15) is 5.11 Å². The molecule has 0 radical (unpaired) electrons. The number of rotatable bonds is 5. The van der Waals surface area contributed by atoms with E-state index in [0.29, 0.717) is 12.3 Å². The first-order valence-corrected chi connectivity index (χ1v) is 6.21. The Hall–Kier alpha value is -1.46. The van der Waals surface area contributed by atoms with Crippen molar-refractivity contribution in [2.75, 3.05) is 13.1 Å². The second kappa shape index (κ2) is 5.04. The van der Waals surface area contributed by atoms with E-state index in [1.165, 1.54) is 0 Å². The second-order valence-corrected chi connectivity index (χ2v) is 5.17. The predicted octanol–water partition coefficient (Wildman–Crippen LogP) is 1.32. The summed E-state index contributed by atoms with van der Waals surface area (Å²) in [5, 5.41) is 9.86. The smallest absolute Gasteiger partial charge is 0.233 e. The fraction of sp³-hybridized carbons (Fsp3) is 0.538. The summed E-state index contributed by atoms with van der Waals surface area (Å²) in [4.78, 5) is 10.8. The Labute approximate surface area is 107 Å². The summed E-state index contributed by atoms with van der Waals surface area (Å²) in [6.45, 7) is 7.96. The lowest BCUT2D eigenvalue weighted by Gasteiger charge is -2.27. The van der Waals surface area contributed by atoms with E-state index in [1.807, 2.05) is 36.7 Å². The van der Waals surface area contributed by atoms with Crippen LogP contribution in [0.3, 0.4) is 0 Å². The Morgan fingerprint density at radius 3 is 2.83 bits per heavy atom. The number of likely N-dealkylation sites (N-methyl/N-ethyl adjacent to an activating group) is 1. The molecule has 0 spiro atoms. The van der Waals surface area contributed by atoms with Crippen molar-refractivity contribution in [1.82, 2.24) is 19.3 Å². The summed E-state index contributed by atoms with van der Waals surface area (Å²) in [5.74, 6) is 0.715. The van der Waals surface area contributed by atoms with Gasteiger partial charge in [0.15, 0.2) is 0 Å². The van der Waals surface area contributed by atoms with Gasteiger partial charge in [-0.1, -0.05) is 6.92 Å². The van der Waals surface area contributed by atoms with E-state index in [4.69, 9.17) is 0 Å². The van der Waals surface area contributed by atoms with Crippen LogP contribution in [0.1, 0.15) is 26.5 Å². The molecule has 2 heterocycles. The molecule has 98 valence electrons. The molecule has 1 N–H and O–H groups in total. The molecule has 0 aliphatic carbocycles. The number of fused-ring (bicyclic) bond motifs is 1. The first-order valence-electron chi connectivity index (χ1n) is 6.21. The zero-order valence-electron chi connectivity index (χ0n) is 11.2. The van der Waals surface area contributed by atoms with Gasteiger partial charge in [0.2, 0.25) is 5.78 Å². The van der Waals surface area contributed by atoms with Gasteiger partial charge in [0.25, 0.3) is 0 Å². The highest BCUT2D eigenvalue weighted by molar-refractivity contribution is 5.29. The number of aliphatic hydroxyl groups is 1. The summed E-state index contributed by atoms with van der Waals surface area (Å²) in [7, 11) is 0. The molecule has 0 unspecified atom stereocenters. The van der Waals surface area contributed by atoms with E-state index in [0.717, 1.165) is 18.8 Å². The van der Waals surface area contributed by atoms with Crippen LogP contribution in [0.25, 0.3) is 5.78 Å². The summed E-state index contributed by atoms with van der Waals surface area (Å²) in [5.41, 5.74) is 0.285. The number of aromatic nitrogens is 3. The molecule has 0 saturated heterocycles. The molecule has 2 aromatic rings. The van der Waals surface area contributed by atoms with Crippen LogP contribution >= 0.6 is 0 Å². The molecule has 5 nitrogen and oxygen atoms in total. The molecule has 2 aromatic heterocycles. The highest BCUT2D eigenvalue weighted by Crippen LogP contribution is 2.10. The van der Waals surface area contributed by atoms with Gasteiger partial charge in [0.1, 0.15) is 0 Å². The van der Waals surface area contributed by atoms with Crippen molar-refractivity contribution < 1.29 is 5.11 Å². The zero-order chi connectivity index (χ0) is 13.2. The van der Waals surface area contributed by atoms with E-state index in [-0.39, 0.29) is 0 Å².